The number of carbonyl (C=O) groups excluding carboxylic acids is 2. The fraction of sp³-hybridized carbons (Fsp3) is 0.429. The molecule has 96 valence electrons. The summed E-state index contributed by atoms with van der Waals surface area (Å²) in [5, 5.41) is 0. The number of esters is 1. The van der Waals surface area contributed by atoms with Crippen LogP contribution < -0.4 is 4.90 Å². The summed E-state index contributed by atoms with van der Waals surface area (Å²) in [6, 6.07) is 7.14. The monoisotopic (exact) mass is 247 g/mol. The fourth-order valence-electron chi connectivity index (χ4n) is 2.25. The highest BCUT2D eigenvalue weighted by Crippen LogP contribution is 2.27. The number of nitrogens with zero attached hydrogens (tertiary/aromatic N) is 1. The van der Waals surface area contributed by atoms with Crippen LogP contribution >= 0.6 is 0 Å². The van der Waals surface area contributed by atoms with E-state index in [9.17, 15) is 9.59 Å². The molecule has 1 amide bonds. The van der Waals surface area contributed by atoms with Gasteiger partial charge in [-0.1, -0.05) is 12.1 Å². The highest BCUT2D eigenvalue weighted by molar-refractivity contribution is 6.02. The number of aryl methyl sites for hydroxylation is 1. The number of ether oxygens (including phenoxy) is 1. The van der Waals surface area contributed by atoms with E-state index in [2.05, 4.69) is 0 Å². The van der Waals surface area contributed by atoms with E-state index < -0.39 is 6.04 Å². The van der Waals surface area contributed by atoms with Gasteiger partial charge in [-0.25, -0.2) is 4.79 Å². The van der Waals surface area contributed by atoms with E-state index in [0.717, 1.165) is 11.3 Å². The van der Waals surface area contributed by atoms with Gasteiger partial charge < -0.3 is 4.74 Å². The van der Waals surface area contributed by atoms with Crippen molar-refractivity contribution in [1.82, 2.24) is 0 Å². The smallest absolute Gasteiger partial charge is 0.329 e. The van der Waals surface area contributed by atoms with Crippen molar-refractivity contribution < 1.29 is 14.3 Å². The zero-order valence-corrected chi connectivity index (χ0v) is 10.7. The summed E-state index contributed by atoms with van der Waals surface area (Å²) in [6.07, 6.45) is 0.934. The zero-order valence-electron chi connectivity index (χ0n) is 10.7. The molecule has 4 nitrogen and oxygen atoms in total. The summed E-state index contributed by atoms with van der Waals surface area (Å²) < 4.78 is 5.02. The van der Waals surface area contributed by atoms with Gasteiger partial charge in [0.05, 0.1) is 6.61 Å². The molecule has 0 aromatic heterocycles. The lowest BCUT2D eigenvalue weighted by molar-refractivity contribution is -0.144. The SMILES string of the molecule is CCOC(=O)C1CCC(=O)N1c1cccc(C)c1. The van der Waals surface area contributed by atoms with Crippen LogP contribution in [0.1, 0.15) is 25.3 Å². The average molecular weight is 247 g/mol. The van der Waals surface area contributed by atoms with Gasteiger partial charge in [-0.05, 0) is 38.0 Å². The first kappa shape index (κ1) is 12.6. The van der Waals surface area contributed by atoms with Crippen molar-refractivity contribution in [2.45, 2.75) is 32.7 Å². The van der Waals surface area contributed by atoms with Crippen LogP contribution in [-0.2, 0) is 14.3 Å². The Balaban J connectivity index is 2.28. The molecule has 4 heteroatoms. The van der Waals surface area contributed by atoms with Crippen LogP contribution in [-0.4, -0.2) is 24.5 Å². The molecule has 1 atom stereocenters. The first-order valence-electron chi connectivity index (χ1n) is 6.19. The van der Waals surface area contributed by atoms with Gasteiger partial charge in [0, 0.05) is 12.1 Å². The maximum atomic E-state index is 11.9. The number of rotatable bonds is 3. The summed E-state index contributed by atoms with van der Waals surface area (Å²) in [6.45, 7) is 4.07. The lowest BCUT2D eigenvalue weighted by Crippen LogP contribution is -2.39. The summed E-state index contributed by atoms with van der Waals surface area (Å²) in [5.74, 6) is -0.330. The third-order valence-corrected chi connectivity index (χ3v) is 3.05. The molecule has 1 aliphatic rings. The van der Waals surface area contributed by atoms with Crippen molar-refractivity contribution in [3.8, 4) is 0 Å². The normalized spacial score (nSPS) is 19.1. The summed E-state index contributed by atoms with van der Waals surface area (Å²) in [7, 11) is 0. The largest absolute Gasteiger partial charge is 0.464 e. The maximum Gasteiger partial charge on any atom is 0.329 e. The second kappa shape index (κ2) is 5.21. The van der Waals surface area contributed by atoms with Crippen molar-refractivity contribution in [2.24, 2.45) is 0 Å². The number of hydrogen-bond acceptors (Lipinski definition) is 3. The minimum atomic E-state index is -0.473. The molecule has 0 aliphatic carbocycles. The molecule has 0 saturated carbocycles. The van der Waals surface area contributed by atoms with Crippen molar-refractivity contribution >= 4 is 17.6 Å². The van der Waals surface area contributed by atoms with Crippen molar-refractivity contribution in [3.63, 3.8) is 0 Å². The molecule has 1 aromatic carbocycles. The Bertz CT molecular complexity index is 470. The predicted molar refractivity (Wildman–Crippen MR) is 68.3 cm³/mol. The number of benzene rings is 1. The molecule has 2 rings (SSSR count). The van der Waals surface area contributed by atoms with Crippen LogP contribution in [0.25, 0.3) is 0 Å². The van der Waals surface area contributed by atoms with E-state index >= 15 is 0 Å². The van der Waals surface area contributed by atoms with E-state index in [1.165, 1.54) is 0 Å². The van der Waals surface area contributed by atoms with E-state index in [4.69, 9.17) is 4.74 Å². The van der Waals surface area contributed by atoms with Crippen LogP contribution in [0.3, 0.4) is 0 Å². The summed E-state index contributed by atoms with van der Waals surface area (Å²) in [4.78, 5) is 25.3. The first-order valence-corrected chi connectivity index (χ1v) is 6.19. The standard InChI is InChI=1S/C14H17NO3/c1-3-18-14(17)12-7-8-13(16)15(12)11-6-4-5-10(2)9-11/h4-6,9,12H,3,7-8H2,1-2H3. The third-order valence-electron chi connectivity index (χ3n) is 3.05. The van der Waals surface area contributed by atoms with Gasteiger partial charge in [-0.3, -0.25) is 9.69 Å². The Hall–Kier alpha value is -1.84. The van der Waals surface area contributed by atoms with Crippen LogP contribution in [0.5, 0.6) is 0 Å². The van der Waals surface area contributed by atoms with Crippen LogP contribution in [0.15, 0.2) is 24.3 Å². The fourth-order valence-corrected chi connectivity index (χ4v) is 2.25. The number of amides is 1. The van der Waals surface area contributed by atoms with Crippen LogP contribution in [0.4, 0.5) is 5.69 Å². The molecular weight excluding hydrogens is 230 g/mol. The molecule has 1 heterocycles. The third kappa shape index (κ3) is 2.37. The Morgan fingerprint density at radius 2 is 2.28 bits per heavy atom. The molecule has 0 bridgehead atoms. The number of hydrogen-bond donors (Lipinski definition) is 0. The van der Waals surface area contributed by atoms with Gasteiger partial charge in [0.2, 0.25) is 5.91 Å². The van der Waals surface area contributed by atoms with Crippen LogP contribution in [0.2, 0.25) is 0 Å². The van der Waals surface area contributed by atoms with E-state index in [1.54, 1.807) is 11.8 Å². The first-order chi connectivity index (χ1) is 8.63. The minimum Gasteiger partial charge on any atom is -0.464 e. The maximum absolute atomic E-state index is 11.9. The van der Waals surface area contributed by atoms with Crippen molar-refractivity contribution in [2.75, 3.05) is 11.5 Å². The van der Waals surface area contributed by atoms with E-state index in [-0.39, 0.29) is 11.9 Å². The van der Waals surface area contributed by atoms with Gasteiger partial charge in [-0.2, -0.15) is 0 Å². The lowest BCUT2D eigenvalue weighted by Gasteiger charge is -2.23. The van der Waals surface area contributed by atoms with E-state index in [1.807, 2.05) is 31.2 Å². The zero-order chi connectivity index (χ0) is 13.1. The Morgan fingerprint density at radius 3 is 2.94 bits per heavy atom. The summed E-state index contributed by atoms with van der Waals surface area (Å²) in [5.41, 5.74) is 1.84. The predicted octanol–water partition coefficient (Wildman–Crippen LogP) is 2.05. The van der Waals surface area contributed by atoms with Gasteiger partial charge in [-0.15, -0.1) is 0 Å². The second-order valence-electron chi connectivity index (χ2n) is 4.41. The number of carbonyl (C=O) groups is 2. The second-order valence-corrected chi connectivity index (χ2v) is 4.41. The molecule has 1 fully saturated rings. The molecule has 0 spiro atoms. The van der Waals surface area contributed by atoms with Gasteiger partial charge in [0.25, 0.3) is 0 Å². The Morgan fingerprint density at radius 1 is 1.50 bits per heavy atom. The highest BCUT2D eigenvalue weighted by Gasteiger charge is 2.37. The minimum absolute atomic E-state index is 0.0151. The quantitative estimate of drug-likeness (QED) is 0.768. The highest BCUT2D eigenvalue weighted by atomic mass is 16.5. The summed E-state index contributed by atoms with van der Waals surface area (Å²) >= 11 is 0. The topological polar surface area (TPSA) is 46.6 Å². The van der Waals surface area contributed by atoms with Gasteiger partial charge >= 0.3 is 5.97 Å². The molecular formula is C14H17NO3. The van der Waals surface area contributed by atoms with Crippen molar-refractivity contribution in [3.05, 3.63) is 29.8 Å². The molecule has 1 aliphatic heterocycles. The van der Waals surface area contributed by atoms with Gasteiger partial charge in [0.15, 0.2) is 0 Å². The van der Waals surface area contributed by atoms with Gasteiger partial charge in [0.1, 0.15) is 6.04 Å². The molecule has 1 saturated heterocycles. The lowest BCUT2D eigenvalue weighted by atomic mass is 10.2. The van der Waals surface area contributed by atoms with Crippen LogP contribution in [0, 0.1) is 6.92 Å². The molecule has 0 N–H and O–H groups in total. The van der Waals surface area contributed by atoms with Crippen molar-refractivity contribution in [1.29, 1.82) is 0 Å². The average Bonchev–Trinajstić information content (AvgIpc) is 2.71. The molecule has 1 unspecified atom stereocenters. The van der Waals surface area contributed by atoms with E-state index in [0.29, 0.717) is 19.4 Å². The molecule has 0 radical (unpaired) electrons. The molecule has 18 heavy (non-hydrogen) atoms. The number of anilines is 1. The Kier molecular flexibility index (Phi) is 3.65. The molecule has 1 aromatic rings. The Labute approximate surface area is 107 Å².